The van der Waals surface area contributed by atoms with E-state index in [4.69, 9.17) is 5.11 Å². The summed E-state index contributed by atoms with van der Waals surface area (Å²) >= 11 is 2.90. The van der Waals surface area contributed by atoms with Gasteiger partial charge in [-0.1, -0.05) is 35.2 Å². The lowest BCUT2D eigenvalue weighted by atomic mass is 10.3. The van der Waals surface area contributed by atoms with Gasteiger partial charge in [0.2, 0.25) is 5.13 Å². The molecular formula is C11H12FN3OS2. The number of hydrogen-bond acceptors (Lipinski definition) is 6. The number of nitrogens with one attached hydrogen (secondary N) is 1. The molecule has 7 heteroatoms. The Morgan fingerprint density at radius 2 is 2.17 bits per heavy atom. The van der Waals surface area contributed by atoms with Crippen molar-refractivity contribution >= 4 is 33.9 Å². The maximum absolute atomic E-state index is 13.4. The van der Waals surface area contributed by atoms with Crippen LogP contribution in [0.2, 0.25) is 0 Å². The molecule has 0 aliphatic rings. The Labute approximate surface area is 112 Å². The van der Waals surface area contributed by atoms with Crippen molar-refractivity contribution < 1.29 is 9.50 Å². The molecule has 0 aliphatic heterocycles. The second-order valence-corrected chi connectivity index (χ2v) is 5.72. The van der Waals surface area contributed by atoms with E-state index in [9.17, 15) is 4.39 Å². The molecule has 1 aromatic carbocycles. The Kier molecular flexibility index (Phi) is 4.91. The van der Waals surface area contributed by atoms with Crippen molar-refractivity contribution in [3.63, 3.8) is 0 Å². The Hall–Kier alpha value is -1.18. The van der Waals surface area contributed by atoms with E-state index in [0.717, 1.165) is 16.5 Å². The van der Waals surface area contributed by atoms with Gasteiger partial charge in [0, 0.05) is 12.4 Å². The molecule has 0 saturated heterocycles. The minimum atomic E-state index is -0.317. The van der Waals surface area contributed by atoms with Crippen molar-refractivity contribution in [2.75, 3.05) is 17.7 Å². The van der Waals surface area contributed by atoms with Gasteiger partial charge >= 0.3 is 0 Å². The smallest absolute Gasteiger partial charge is 0.210 e. The summed E-state index contributed by atoms with van der Waals surface area (Å²) in [4.78, 5) is 0. The fraction of sp³-hybridized carbons (Fsp3) is 0.273. The van der Waals surface area contributed by atoms with Gasteiger partial charge in [0.15, 0.2) is 4.34 Å². The van der Waals surface area contributed by atoms with Gasteiger partial charge in [-0.2, -0.15) is 0 Å². The number of halogens is 1. The zero-order valence-corrected chi connectivity index (χ0v) is 11.1. The molecule has 0 bridgehead atoms. The van der Waals surface area contributed by atoms with Crippen LogP contribution in [0, 0.1) is 5.82 Å². The van der Waals surface area contributed by atoms with E-state index < -0.39 is 0 Å². The highest BCUT2D eigenvalue weighted by Gasteiger charge is 2.07. The second kappa shape index (κ2) is 6.67. The number of anilines is 2. The van der Waals surface area contributed by atoms with Crippen LogP contribution >= 0.6 is 23.1 Å². The third-order valence-corrected chi connectivity index (χ3v) is 4.11. The Balaban J connectivity index is 1.96. The van der Waals surface area contributed by atoms with E-state index in [-0.39, 0.29) is 12.4 Å². The van der Waals surface area contributed by atoms with E-state index >= 15 is 0 Å². The summed E-state index contributed by atoms with van der Waals surface area (Å²) in [5.41, 5.74) is 0.389. The van der Waals surface area contributed by atoms with Crippen molar-refractivity contribution in [2.45, 2.75) is 10.8 Å². The van der Waals surface area contributed by atoms with E-state index in [1.165, 1.54) is 29.2 Å². The average molecular weight is 285 g/mol. The topological polar surface area (TPSA) is 58.0 Å². The summed E-state index contributed by atoms with van der Waals surface area (Å²) in [6.45, 7) is 0.173. The second-order valence-electron chi connectivity index (χ2n) is 3.40. The highest BCUT2D eigenvalue weighted by molar-refractivity contribution is 8.01. The molecule has 2 N–H and O–H groups in total. The van der Waals surface area contributed by atoms with Crippen LogP contribution in [-0.2, 0) is 0 Å². The van der Waals surface area contributed by atoms with Gasteiger partial charge in [0.1, 0.15) is 5.82 Å². The number of aromatic nitrogens is 2. The number of nitrogens with zero attached hydrogens (tertiary/aromatic N) is 2. The summed E-state index contributed by atoms with van der Waals surface area (Å²) < 4.78 is 14.2. The van der Waals surface area contributed by atoms with E-state index in [1.807, 2.05) is 0 Å². The van der Waals surface area contributed by atoms with Crippen molar-refractivity contribution in [3.8, 4) is 0 Å². The first kappa shape index (κ1) is 13.3. The van der Waals surface area contributed by atoms with Gasteiger partial charge in [-0.15, -0.1) is 10.2 Å². The van der Waals surface area contributed by atoms with Gasteiger partial charge < -0.3 is 10.4 Å². The van der Waals surface area contributed by atoms with Gasteiger partial charge in [-0.05, 0) is 18.6 Å². The number of aliphatic hydroxyl groups excluding tert-OH is 1. The number of aliphatic hydroxyl groups is 1. The van der Waals surface area contributed by atoms with Crippen molar-refractivity contribution in [2.24, 2.45) is 0 Å². The Morgan fingerprint density at radius 1 is 1.33 bits per heavy atom. The van der Waals surface area contributed by atoms with Gasteiger partial charge in [0.05, 0.1) is 5.69 Å². The molecule has 0 saturated carbocycles. The zero-order chi connectivity index (χ0) is 12.8. The molecule has 1 heterocycles. The lowest BCUT2D eigenvalue weighted by Crippen LogP contribution is -1.92. The molecule has 0 radical (unpaired) electrons. The summed E-state index contributed by atoms with van der Waals surface area (Å²) in [6.07, 6.45) is 0.723. The van der Waals surface area contributed by atoms with Crippen molar-refractivity contribution in [1.29, 1.82) is 0 Å². The summed E-state index contributed by atoms with van der Waals surface area (Å²) in [5.74, 6) is 0.479. The maximum Gasteiger partial charge on any atom is 0.210 e. The maximum atomic E-state index is 13.4. The average Bonchev–Trinajstić information content (AvgIpc) is 2.80. The summed E-state index contributed by atoms with van der Waals surface area (Å²) in [5, 5.41) is 20.0. The van der Waals surface area contributed by atoms with Gasteiger partial charge in [-0.25, -0.2) is 4.39 Å². The lowest BCUT2D eigenvalue weighted by Gasteiger charge is -2.01. The molecule has 0 fully saturated rings. The van der Waals surface area contributed by atoms with Crippen LogP contribution in [-0.4, -0.2) is 27.7 Å². The molecule has 18 heavy (non-hydrogen) atoms. The Bertz CT molecular complexity index is 507. The number of rotatable bonds is 6. The van der Waals surface area contributed by atoms with Crippen LogP contribution in [0.15, 0.2) is 28.6 Å². The van der Waals surface area contributed by atoms with Crippen LogP contribution < -0.4 is 5.32 Å². The minimum absolute atomic E-state index is 0.173. The zero-order valence-electron chi connectivity index (χ0n) is 9.47. The number of thioether (sulfide) groups is 1. The van der Waals surface area contributed by atoms with Crippen LogP contribution in [0.3, 0.4) is 0 Å². The first-order valence-electron chi connectivity index (χ1n) is 5.38. The Morgan fingerprint density at radius 3 is 2.94 bits per heavy atom. The summed E-state index contributed by atoms with van der Waals surface area (Å²) in [7, 11) is 0. The first-order valence-corrected chi connectivity index (χ1v) is 7.18. The molecule has 4 nitrogen and oxygen atoms in total. The fourth-order valence-electron chi connectivity index (χ4n) is 1.22. The standard InChI is InChI=1S/C11H12FN3OS2/c12-8-4-1-2-5-9(8)13-10-14-15-11(18-10)17-7-3-6-16/h1-2,4-5,16H,3,6-7H2,(H,13,14). The molecule has 1 aromatic heterocycles. The quantitative estimate of drug-likeness (QED) is 0.631. The van der Waals surface area contributed by atoms with Crippen LogP contribution in [0.5, 0.6) is 0 Å². The molecular weight excluding hydrogens is 273 g/mol. The van der Waals surface area contributed by atoms with Gasteiger partial charge in [0.25, 0.3) is 0 Å². The predicted octanol–water partition coefficient (Wildman–Crippen LogP) is 2.90. The lowest BCUT2D eigenvalue weighted by molar-refractivity contribution is 0.296. The van der Waals surface area contributed by atoms with Gasteiger partial charge in [-0.3, -0.25) is 0 Å². The minimum Gasteiger partial charge on any atom is -0.396 e. The SMILES string of the molecule is OCCCSc1nnc(Nc2ccccc2F)s1. The first-order chi connectivity index (χ1) is 8.79. The highest BCUT2D eigenvalue weighted by Crippen LogP contribution is 2.28. The number of para-hydroxylation sites is 1. The summed E-state index contributed by atoms with van der Waals surface area (Å²) in [6, 6.07) is 6.43. The molecule has 0 atom stereocenters. The molecule has 0 aliphatic carbocycles. The van der Waals surface area contributed by atoms with Crippen LogP contribution in [0.4, 0.5) is 15.2 Å². The number of benzene rings is 1. The van der Waals surface area contributed by atoms with Crippen LogP contribution in [0.25, 0.3) is 0 Å². The van der Waals surface area contributed by atoms with Crippen molar-refractivity contribution in [3.05, 3.63) is 30.1 Å². The van der Waals surface area contributed by atoms with Crippen LogP contribution in [0.1, 0.15) is 6.42 Å². The highest BCUT2D eigenvalue weighted by atomic mass is 32.2. The molecule has 96 valence electrons. The molecule has 2 rings (SSSR count). The fourth-order valence-corrected chi connectivity index (χ4v) is 2.98. The molecule has 0 unspecified atom stereocenters. The van der Waals surface area contributed by atoms with E-state index in [0.29, 0.717) is 10.8 Å². The molecule has 2 aromatic rings. The predicted molar refractivity (Wildman–Crippen MR) is 72.0 cm³/mol. The third kappa shape index (κ3) is 3.66. The molecule has 0 spiro atoms. The number of hydrogen-bond donors (Lipinski definition) is 2. The monoisotopic (exact) mass is 285 g/mol. The van der Waals surface area contributed by atoms with E-state index in [2.05, 4.69) is 15.5 Å². The largest absolute Gasteiger partial charge is 0.396 e. The molecule has 0 amide bonds. The van der Waals surface area contributed by atoms with Crippen molar-refractivity contribution in [1.82, 2.24) is 10.2 Å². The third-order valence-electron chi connectivity index (χ3n) is 2.05. The van der Waals surface area contributed by atoms with E-state index in [1.54, 1.807) is 18.2 Å². The normalized spacial score (nSPS) is 10.6.